The molecule has 6 rings (SSSR count). The Morgan fingerprint density at radius 3 is 3.00 bits per heavy atom. The van der Waals surface area contributed by atoms with Gasteiger partial charge in [-0.05, 0) is 54.6 Å². The molecule has 2 aromatic rings. The molecule has 33 heavy (non-hydrogen) atoms. The number of nitriles is 1. The molecule has 2 aliphatic heterocycles. The van der Waals surface area contributed by atoms with Crippen molar-refractivity contribution >= 4 is 23.6 Å². The third-order valence-corrected chi connectivity index (χ3v) is 6.90. The molecule has 4 aliphatic rings. The van der Waals surface area contributed by atoms with Crippen molar-refractivity contribution in [3.63, 3.8) is 0 Å². The van der Waals surface area contributed by atoms with Crippen molar-refractivity contribution in [2.45, 2.75) is 37.3 Å². The molecule has 0 bridgehead atoms. The normalized spacial score (nSPS) is 27.2. The molecule has 4 heterocycles. The fraction of sp³-hybridized carbons (Fsp3) is 0.435. The molecular formula is C23H22N6O4. The van der Waals surface area contributed by atoms with Crippen LogP contribution in [0.5, 0.6) is 5.75 Å². The van der Waals surface area contributed by atoms with Crippen molar-refractivity contribution < 1.29 is 19.1 Å². The summed E-state index contributed by atoms with van der Waals surface area (Å²) in [6.45, 7) is 1.24. The van der Waals surface area contributed by atoms with Crippen molar-refractivity contribution in [3.8, 4) is 11.8 Å². The number of pyridine rings is 2. The number of nitrogens with one attached hydrogen (secondary N) is 2. The van der Waals surface area contributed by atoms with Gasteiger partial charge in [0.2, 0.25) is 0 Å². The Bertz CT molecular complexity index is 1200. The van der Waals surface area contributed by atoms with Crippen LogP contribution in [0.4, 0.5) is 16.4 Å². The summed E-state index contributed by atoms with van der Waals surface area (Å²) in [6.07, 6.45) is 4.58. The fourth-order valence-electron chi connectivity index (χ4n) is 5.30. The smallest absolute Gasteiger partial charge is 0.416 e. The van der Waals surface area contributed by atoms with Gasteiger partial charge in [0.05, 0.1) is 6.54 Å². The zero-order valence-corrected chi connectivity index (χ0v) is 17.8. The summed E-state index contributed by atoms with van der Waals surface area (Å²) in [5, 5.41) is 15.5. The summed E-state index contributed by atoms with van der Waals surface area (Å²) in [5.41, 5.74) is 2.33. The van der Waals surface area contributed by atoms with Gasteiger partial charge in [0.25, 0.3) is 5.91 Å². The van der Waals surface area contributed by atoms with Gasteiger partial charge >= 0.3 is 6.09 Å². The Hall–Kier alpha value is -3.71. The second-order valence-corrected chi connectivity index (χ2v) is 9.19. The quantitative estimate of drug-likeness (QED) is 0.724. The summed E-state index contributed by atoms with van der Waals surface area (Å²) >= 11 is 0. The third-order valence-electron chi connectivity index (χ3n) is 6.90. The predicted octanol–water partition coefficient (Wildman–Crippen LogP) is 1.54. The zero-order chi connectivity index (χ0) is 22.6. The van der Waals surface area contributed by atoms with Gasteiger partial charge in [0, 0.05) is 25.1 Å². The molecule has 2 N–H and O–H groups in total. The number of amides is 2. The number of rotatable bonds is 4. The summed E-state index contributed by atoms with van der Waals surface area (Å²) in [5.74, 6) is 1.40. The highest BCUT2D eigenvalue weighted by Gasteiger charge is 2.54. The molecule has 1 atom stereocenters. The summed E-state index contributed by atoms with van der Waals surface area (Å²) in [6, 6.07) is 7.88. The Labute approximate surface area is 189 Å². The summed E-state index contributed by atoms with van der Waals surface area (Å²) < 4.78 is 11.1. The molecule has 0 radical (unpaired) electrons. The molecule has 10 nitrogen and oxygen atoms in total. The highest BCUT2D eigenvalue weighted by molar-refractivity contribution is 5.95. The van der Waals surface area contributed by atoms with Crippen molar-refractivity contribution in [2.75, 3.05) is 29.9 Å². The van der Waals surface area contributed by atoms with Gasteiger partial charge in [-0.2, -0.15) is 5.26 Å². The van der Waals surface area contributed by atoms with Gasteiger partial charge in [-0.1, -0.05) is 0 Å². The van der Waals surface area contributed by atoms with Gasteiger partial charge in [-0.3, -0.25) is 9.69 Å². The van der Waals surface area contributed by atoms with E-state index in [1.807, 2.05) is 6.07 Å². The number of carbonyl (C=O) groups is 2. The van der Waals surface area contributed by atoms with Gasteiger partial charge < -0.3 is 20.1 Å². The van der Waals surface area contributed by atoms with Crippen LogP contribution in [0.3, 0.4) is 0 Å². The maximum Gasteiger partial charge on any atom is 0.416 e. The lowest BCUT2D eigenvalue weighted by Crippen LogP contribution is -2.56. The van der Waals surface area contributed by atoms with Crippen molar-refractivity contribution in [2.24, 2.45) is 5.92 Å². The summed E-state index contributed by atoms with van der Waals surface area (Å²) in [7, 11) is 0. The highest BCUT2D eigenvalue weighted by atomic mass is 16.6. The van der Waals surface area contributed by atoms with Crippen LogP contribution in [-0.4, -0.2) is 53.3 Å². The first kappa shape index (κ1) is 19.9. The molecular weight excluding hydrogens is 424 g/mol. The average molecular weight is 446 g/mol. The number of aromatic nitrogens is 2. The topological polar surface area (TPSA) is 129 Å². The Morgan fingerprint density at radius 2 is 2.15 bits per heavy atom. The maximum absolute atomic E-state index is 12.6. The number of carbonyl (C=O) groups excluding carboxylic acids is 2. The van der Waals surface area contributed by atoms with E-state index in [4.69, 9.17) is 9.47 Å². The Morgan fingerprint density at radius 1 is 1.27 bits per heavy atom. The maximum atomic E-state index is 12.6. The monoisotopic (exact) mass is 446 g/mol. The van der Waals surface area contributed by atoms with E-state index in [0.717, 1.165) is 37.8 Å². The largest absolute Gasteiger partial charge is 0.480 e. The number of hydrogen-bond donors (Lipinski definition) is 2. The predicted molar refractivity (Wildman–Crippen MR) is 116 cm³/mol. The van der Waals surface area contributed by atoms with E-state index in [-0.39, 0.29) is 18.6 Å². The van der Waals surface area contributed by atoms with Gasteiger partial charge in [0.1, 0.15) is 23.2 Å². The molecule has 168 valence electrons. The molecule has 1 saturated heterocycles. The second kappa shape index (κ2) is 7.42. The van der Waals surface area contributed by atoms with Gasteiger partial charge in [-0.15, -0.1) is 0 Å². The van der Waals surface area contributed by atoms with E-state index in [2.05, 4.69) is 26.7 Å². The van der Waals surface area contributed by atoms with Crippen LogP contribution in [-0.2, 0) is 22.4 Å². The lowest BCUT2D eigenvalue weighted by atomic mass is 9.75. The number of ether oxygens (including phenoxy) is 2. The Balaban J connectivity index is 1.05. The molecule has 1 spiro atoms. The first-order chi connectivity index (χ1) is 16.0. The lowest BCUT2D eigenvalue weighted by Gasteiger charge is -2.43. The van der Waals surface area contributed by atoms with E-state index >= 15 is 0 Å². The average Bonchev–Trinajstić information content (AvgIpc) is 3.37. The minimum Gasteiger partial charge on any atom is -0.480 e. The molecule has 1 saturated carbocycles. The molecule has 2 fully saturated rings. The minimum absolute atomic E-state index is 0.0411. The molecule has 2 amide bonds. The van der Waals surface area contributed by atoms with Gasteiger partial charge in [0.15, 0.2) is 18.2 Å². The van der Waals surface area contributed by atoms with E-state index in [0.29, 0.717) is 35.5 Å². The number of fused-ring (bicyclic) bond motifs is 2. The van der Waals surface area contributed by atoms with Crippen LogP contribution in [0, 0.1) is 17.2 Å². The standard InChI is InChI=1S/C23H22N6O4/c24-9-17-16-6-13(5-14(16)3-4-25-17)10-26-15-7-23(8-15)12-29(22(31)33-23)19-2-1-18-21(27-19)28-20(30)11-32-18/h1-4,13,15,26H,5-8,10-12H2,(H,27,28,30)/t13?,15-,23-. The van der Waals surface area contributed by atoms with Crippen LogP contribution in [0.25, 0.3) is 0 Å². The molecule has 0 aromatic carbocycles. The molecule has 10 heteroatoms. The van der Waals surface area contributed by atoms with E-state index in [9.17, 15) is 14.9 Å². The minimum atomic E-state index is -0.511. The molecule has 2 aromatic heterocycles. The first-order valence-corrected chi connectivity index (χ1v) is 11.1. The van der Waals surface area contributed by atoms with Crippen LogP contribution in [0.1, 0.15) is 29.7 Å². The Kier molecular flexibility index (Phi) is 4.48. The molecule has 1 unspecified atom stereocenters. The fourth-order valence-corrected chi connectivity index (χ4v) is 5.30. The second-order valence-electron chi connectivity index (χ2n) is 9.19. The zero-order valence-electron chi connectivity index (χ0n) is 17.8. The van der Waals surface area contributed by atoms with Crippen molar-refractivity contribution in [3.05, 3.63) is 41.2 Å². The number of hydrogen-bond acceptors (Lipinski definition) is 8. The summed E-state index contributed by atoms with van der Waals surface area (Å²) in [4.78, 5) is 34.2. The van der Waals surface area contributed by atoms with Gasteiger partial charge in [-0.25, -0.2) is 14.8 Å². The van der Waals surface area contributed by atoms with E-state index < -0.39 is 11.7 Å². The van der Waals surface area contributed by atoms with E-state index in [1.165, 1.54) is 10.5 Å². The highest BCUT2D eigenvalue weighted by Crippen LogP contribution is 2.43. The van der Waals surface area contributed by atoms with E-state index in [1.54, 1.807) is 18.3 Å². The first-order valence-electron chi connectivity index (χ1n) is 11.1. The van der Waals surface area contributed by atoms with Crippen LogP contribution in [0.15, 0.2) is 24.4 Å². The number of anilines is 2. The third kappa shape index (κ3) is 3.45. The van der Waals surface area contributed by atoms with Crippen LogP contribution in [0.2, 0.25) is 0 Å². The SMILES string of the molecule is N#Cc1nccc2c1CC(CN[C@H]1C[C@@]3(CN(c4ccc5c(n4)NC(=O)CO5)C(=O)O3)C1)C2. The number of nitrogens with zero attached hydrogens (tertiary/aromatic N) is 4. The lowest BCUT2D eigenvalue weighted by molar-refractivity contribution is -0.118. The van der Waals surface area contributed by atoms with Crippen LogP contribution >= 0.6 is 0 Å². The van der Waals surface area contributed by atoms with Crippen molar-refractivity contribution in [1.29, 1.82) is 5.26 Å². The van der Waals surface area contributed by atoms with Crippen LogP contribution < -0.4 is 20.3 Å². The molecule has 2 aliphatic carbocycles. The van der Waals surface area contributed by atoms with Crippen molar-refractivity contribution in [1.82, 2.24) is 15.3 Å².